The van der Waals surface area contributed by atoms with Crippen molar-refractivity contribution in [3.63, 3.8) is 0 Å². The van der Waals surface area contributed by atoms with E-state index >= 15 is 0 Å². The quantitative estimate of drug-likeness (QED) is 0.760. The molecule has 1 atom stereocenters. The zero-order valence-corrected chi connectivity index (χ0v) is 12.4. The van der Waals surface area contributed by atoms with E-state index in [1.807, 2.05) is 6.92 Å². The second kappa shape index (κ2) is 7.65. The molecule has 0 aliphatic heterocycles. The van der Waals surface area contributed by atoms with Crippen molar-refractivity contribution in [2.45, 2.75) is 19.4 Å². The second-order valence-electron chi connectivity index (χ2n) is 4.39. The number of hydrogen-bond donors (Lipinski definition) is 1. The lowest BCUT2D eigenvalue weighted by atomic mass is 10.2. The average molecular weight is 293 g/mol. The van der Waals surface area contributed by atoms with E-state index in [0.29, 0.717) is 36.3 Å². The zero-order chi connectivity index (χ0) is 15.1. The maximum Gasteiger partial charge on any atom is 0.233 e. The number of rotatable bonds is 8. The maximum atomic E-state index is 5.24. The van der Waals surface area contributed by atoms with Gasteiger partial charge in [0.2, 0.25) is 17.6 Å². The van der Waals surface area contributed by atoms with Gasteiger partial charge in [-0.2, -0.15) is 4.98 Å². The fourth-order valence-electron chi connectivity index (χ4n) is 1.88. The van der Waals surface area contributed by atoms with Crippen LogP contribution in [0.5, 0.6) is 5.88 Å². The van der Waals surface area contributed by atoms with Crippen molar-refractivity contribution in [1.82, 2.24) is 25.7 Å². The Bertz CT molecular complexity index is 537. The molecule has 2 aromatic heterocycles. The van der Waals surface area contributed by atoms with E-state index in [9.17, 15) is 0 Å². The Balaban J connectivity index is 2.05. The number of nitrogens with one attached hydrogen (secondary N) is 1. The van der Waals surface area contributed by atoms with Crippen molar-refractivity contribution < 1.29 is 14.0 Å². The molecule has 8 heteroatoms. The summed E-state index contributed by atoms with van der Waals surface area (Å²) in [7, 11) is 3.20. The van der Waals surface area contributed by atoms with Gasteiger partial charge in [-0.3, -0.25) is 0 Å². The summed E-state index contributed by atoms with van der Waals surface area (Å²) in [4.78, 5) is 4.32. The lowest BCUT2D eigenvalue weighted by Crippen LogP contribution is -2.35. The summed E-state index contributed by atoms with van der Waals surface area (Å²) >= 11 is 0. The van der Waals surface area contributed by atoms with Crippen molar-refractivity contribution >= 4 is 0 Å². The molecule has 1 unspecified atom stereocenters. The Morgan fingerprint density at radius 1 is 1.29 bits per heavy atom. The summed E-state index contributed by atoms with van der Waals surface area (Å²) < 4.78 is 15.4. The molecule has 0 aliphatic carbocycles. The van der Waals surface area contributed by atoms with E-state index in [2.05, 4.69) is 25.7 Å². The van der Waals surface area contributed by atoms with Crippen LogP contribution >= 0.6 is 0 Å². The Kier molecular flexibility index (Phi) is 5.59. The monoisotopic (exact) mass is 293 g/mol. The number of methoxy groups -OCH3 is 2. The molecule has 2 rings (SSSR count). The van der Waals surface area contributed by atoms with E-state index in [0.717, 1.165) is 6.54 Å². The standard InChI is InChI=1S/C13H19N5O3/c1-4-14-9(8-19-2)7-12-15-13(18-21-12)10-5-6-11(20-3)17-16-10/h5-6,9,14H,4,7-8H2,1-3H3. The van der Waals surface area contributed by atoms with Gasteiger partial charge in [-0.25, -0.2) is 0 Å². The van der Waals surface area contributed by atoms with Crippen molar-refractivity contribution in [3.8, 4) is 17.4 Å². The van der Waals surface area contributed by atoms with Crippen LogP contribution in [0.3, 0.4) is 0 Å². The molecule has 114 valence electrons. The van der Waals surface area contributed by atoms with Crippen LogP contribution in [0.15, 0.2) is 16.7 Å². The molecule has 0 spiro atoms. The van der Waals surface area contributed by atoms with Gasteiger partial charge in [0, 0.05) is 25.6 Å². The lowest BCUT2D eigenvalue weighted by molar-refractivity contribution is 0.162. The van der Waals surface area contributed by atoms with Gasteiger partial charge in [-0.1, -0.05) is 12.1 Å². The normalized spacial score (nSPS) is 12.3. The summed E-state index contributed by atoms with van der Waals surface area (Å²) in [6.07, 6.45) is 0.595. The molecule has 0 saturated carbocycles. The first-order valence-electron chi connectivity index (χ1n) is 6.69. The van der Waals surface area contributed by atoms with Crippen molar-refractivity contribution in [2.24, 2.45) is 0 Å². The SMILES string of the molecule is CCNC(COC)Cc1nc(-c2ccc(OC)nn2)no1. The first kappa shape index (κ1) is 15.3. The predicted molar refractivity (Wildman–Crippen MR) is 74.9 cm³/mol. The average Bonchev–Trinajstić information content (AvgIpc) is 2.96. The van der Waals surface area contributed by atoms with Gasteiger partial charge < -0.3 is 19.3 Å². The molecule has 0 bridgehead atoms. The van der Waals surface area contributed by atoms with E-state index < -0.39 is 0 Å². The second-order valence-corrected chi connectivity index (χ2v) is 4.39. The Hall–Kier alpha value is -2.06. The molecular weight excluding hydrogens is 274 g/mol. The van der Waals surface area contributed by atoms with Gasteiger partial charge in [0.1, 0.15) is 5.69 Å². The maximum absolute atomic E-state index is 5.24. The summed E-state index contributed by atoms with van der Waals surface area (Å²) in [5.41, 5.74) is 0.539. The Morgan fingerprint density at radius 2 is 2.14 bits per heavy atom. The lowest BCUT2D eigenvalue weighted by Gasteiger charge is -2.14. The summed E-state index contributed by atoms with van der Waals surface area (Å²) in [6.45, 7) is 3.46. The van der Waals surface area contributed by atoms with Crippen LogP contribution in [0, 0.1) is 0 Å². The highest BCUT2D eigenvalue weighted by atomic mass is 16.5. The van der Waals surface area contributed by atoms with Gasteiger partial charge in [0.15, 0.2) is 0 Å². The van der Waals surface area contributed by atoms with Crippen LogP contribution in [0.2, 0.25) is 0 Å². The summed E-state index contributed by atoms with van der Waals surface area (Å²) in [5.74, 6) is 1.38. The number of ether oxygens (including phenoxy) is 2. The van der Waals surface area contributed by atoms with E-state index in [-0.39, 0.29) is 6.04 Å². The molecule has 8 nitrogen and oxygen atoms in total. The number of likely N-dealkylation sites (N-methyl/N-ethyl adjacent to an activating group) is 1. The Morgan fingerprint density at radius 3 is 2.76 bits per heavy atom. The number of aromatic nitrogens is 4. The molecule has 0 radical (unpaired) electrons. The molecule has 0 saturated heterocycles. The Labute approximate surface area is 122 Å². The topological polar surface area (TPSA) is 95.2 Å². The van der Waals surface area contributed by atoms with Crippen LogP contribution in [-0.4, -0.2) is 53.8 Å². The molecule has 1 N–H and O–H groups in total. The number of hydrogen-bond acceptors (Lipinski definition) is 8. The molecule has 21 heavy (non-hydrogen) atoms. The minimum Gasteiger partial charge on any atom is -0.480 e. The third kappa shape index (κ3) is 4.20. The summed E-state index contributed by atoms with van der Waals surface area (Å²) in [5, 5.41) is 15.1. The van der Waals surface area contributed by atoms with E-state index in [1.165, 1.54) is 7.11 Å². The van der Waals surface area contributed by atoms with Crippen molar-refractivity contribution in [2.75, 3.05) is 27.4 Å². The van der Waals surface area contributed by atoms with Crippen LogP contribution in [-0.2, 0) is 11.2 Å². The summed E-state index contributed by atoms with van der Waals surface area (Å²) in [6, 6.07) is 3.57. The van der Waals surface area contributed by atoms with Gasteiger partial charge in [-0.05, 0) is 12.6 Å². The smallest absolute Gasteiger partial charge is 0.233 e. The third-order valence-electron chi connectivity index (χ3n) is 2.83. The highest BCUT2D eigenvalue weighted by Gasteiger charge is 2.15. The minimum absolute atomic E-state index is 0.134. The van der Waals surface area contributed by atoms with Crippen molar-refractivity contribution in [1.29, 1.82) is 0 Å². The highest BCUT2D eigenvalue weighted by molar-refractivity contribution is 5.47. The fourth-order valence-corrected chi connectivity index (χ4v) is 1.88. The highest BCUT2D eigenvalue weighted by Crippen LogP contribution is 2.15. The van der Waals surface area contributed by atoms with Gasteiger partial charge in [0.05, 0.1) is 13.7 Å². The van der Waals surface area contributed by atoms with Crippen LogP contribution in [0.1, 0.15) is 12.8 Å². The minimum atomic E-state index is 0.134. The molecule has 0 fully saturated rings. The fraction of sp³-hybridized carbons (Fsp3) is 0.538. The molecule has 0 amide bonds. The number of nitrogens with zero attached hydrogens (tertiary/aromatic N) is 4. The largest absolute Gasteiger partial charge is 0.480 e. The first-order valence-corrected chi connectivity index (χ1v) is 6.69. The first-order chi connectivity index (χ1) is 10.3. The molecule has 0 aliphatic rings. The molecule has 0 aromatic carbocycles. The van der Waals surface area contributed by atoms with Crippen LogP contribution < -0.4 is 10.1 Å². The zero-order valence-electron chi connectivity index (χ0n) is 12.4. The van der Waals surface area contributed by atoms with Crippen molar-refractivity contribution in [3.05, 3.63) is 18.0 Å². The van der Waals surface area contributed by atoms with E-state index in [1.54, 1.807) is 19.2 Å². The van der Waals surface area contributed by atoms with Crippen LogP contribution in [0.25, 0.3) is 11.5 Å². The van der Waals surface area contributed by atoms with Gasteiger partial charge in [0.25, 0.3) is 0 Å². The van der Waals surface area contributed by atoms with Gasteiger partial charge in [-0.15, -0.1) is 10.2 Å². The molecule has 2 aromatic rings. The van der Waals surface area contributed by atoms with Crippen LogP contribution in [0.4, 0.5) is 0 Å². The molecule has 2 heterocycles. The molecular formula is C13H19N5O3. The van der Waals surface area contributed by atoms with Gasteiger partial charge >= 0.3 is 0 Å². The predicted octanol–water partition coefficient (Wildman–Crippen LogP) is 0.702. The third-order valence-corrected chi connectivity index (χ3v) is 2.83. The van der Waals surface area contributed by atoms with E-state index in [4.69, 9.17) is 14.0 Å².